The Bertz CT molecular complexity index is 1030. The maximum Gasteiger partial charge on any atom is 0.293 e. The van der Waals surface area contributed by atoms with Crippen molar-refractivity contribution in [1.82, 2.24) is 30.1 Å². The molecule has 2 atom stereocenters. The third kappa shape index (κ3) is 5.08. The zero-order valence-corrected chi connectivity index (χ0v) is 18.6. The van der Waals surface area contributed by atoms with E-state index < -0.39 is 0 Å². The summed E-state index contributed by atoms with van der Waals surface area (Å²) in [5, 5.41) is 17.8. The molecule has 1 aromatic carbocycles. The summed E-state index contributed by atoms with van der Waals surface area (Å²) in [7, 11) is 1.94. The van der Waals surface area contributed by atoms with Crippen molar-refractivity contribution in [3.8, 4) is 17.1 Å². The number of ether oxygens (including phenoxy) is 3. The van der Waals surface area contributed by atoms with Gasteiger partial charge in [-0.2, -0.15) is 20.1 Å². The highest BCUT2D eigenvalue weighted by Gasteiger charge is 2.23. The second-order valence-electron chi connectivity index (χ2n) is 7.91. The SMILES string of the molecule is CNCCC(C)Oc1ccc2c(c1)c(-c1cnn(CCOC=O)n1)nn2C1CCCCO1. The summed E-state index contributed by atoms with van der Waals surface area (Å²) in [6.45, 7) is 4.70. The number of benzene rings is 1. The van der Waals surface area contributed by atoms with Crippen molar-refractivity contribution in [2.24, 2.45) is 0 Å². The van der Waals surface area contributed by atoms with Crippen LogP contribution in [0.2, 0.25) is 0 Å². The molecule has 1 saturated heterocycles. The molecule has 0 radical (unpaired) electrons. The molecule has 1 fully saturated rings. The number of aromatic nitrogens is 5. The van der Waals surface area contributed by atoms with Gasteiger partial charge < -0.3 is 19.5 Å². The zero-order chi connectivity index (χ0) is 22.3. The van der Waals surface area contributed by atoms with E-state index in [4.69, 9.17) is 19.3 Å². The van der Waals surface area contributed by atoms with Gasteiger partial charge >= 0.3 is 0 Å². The first kappa shape index (κ1) is 22.2. The number of hydrogen-bond donors (Lipinski definition) is 1. The van der Waals surface area contributed by atoms with Crippen LogP contribution in [0.5, 0.6) is 5.75 Å². The predicted molar refractivity (Wildman–Crippen MR) is 118 cm³/mol. The van der Waals surface area contributed by atoms with Crippen LogP contribution in [0.3, 0.4) is 0 Å². The molecule has 0 spiro atoms. The number of carbonyl (C=O) groups excluding carboxylic acids is 1. The van der Waals surface area contributed by atoms with E-state index in [1.54, 1.807) is 6.20 Å². The molecule has 2 aromatic heterocycles. The van der Waals surface area contributed by atoms with Gasteiger partial charge in [-0.05, 0) is 64.4 Å². The molecule has 0 bridgehead atoms. The van der Waals surface area contributed by atoms with Crippen LogP contribution in [0.4, 0.5) is 0 Å². The smallest absolute Gasteiger partial charge is 0.293 e. The Morgan fingerprint density at radius 3 is 3.03 bits per heavy atom. The van der Waals surface area contributed by atoms with Gasteiger partial charge in [-0.3, -0.25) is 4.79 Å². The van der Waals surface area contributed by atoms with Crippen molar-refractivity contribution in [1.29, 1.82) is 0 Å². The summed E-state index contributed by atoms with van der Waals surface area (Å²) in [6, 6.07) is 6.03. The Morgan fingerprint density at radius 2 is 2.25 bits per heavy atom. The molecule has 172 valence electrons. The molecule has 1 aliphatic heterocycles. The zero-order valence-electron chi connectivity index (χ0n) is 18.6. The van der Waals surface area contributed by atoms with Gasteiger partial charge in [0.15, 0.2) is 6.23 Å². The van der Waals surface area contributed by atoms with Crippen LogP contribution in [-0.4, -0.2) is 64.2 Å². The van der Waals surface area contributed by atoms with Crippen molar-refractivity contribution in [2.45, 2.75) is 51.5 Å². The Labute approximate surface area is 186 Å². The molecular formula is C22H30N6O4. The third-order valence-corrected chi connectivity index (χ3v) is 5.50. The van der Waals surface area contributed by atoms with E-state index in [-0.39, 0.29) is 18.9 Å². The summed E-state index contributed by atoms with van der Waals surface area (Å²) in [4.78, 5) is 11.9. The summed E-state index contributed by atoms with van der Waals surface area (Å²) < 4.78 is 18.8. The third-order valence-electron chi connectivity index (χ3n) is 5.50. The van der Waals surface area contributed by atoms with Gasteiger partial charge in [0.05, 0.1) is 24.4 Å². The first-order valence-corrected chi connectivity index (χ1v) is 11.1. The summed E-state index contributed by atoms with van der Waals surface area (Å²) in [5.41, 5.74) is 2.35. The molecular weight excluding hydrogens is 412 g/mol. The van der Waals surface area contributed by atoms with Crippen LogP contribution in [0, 0.1) is 0 Å². The highest BCUT2D eigenvalue weighted by molar-refractivity contribution is 5.93. The molecule has 2 unspecified atom stereocenters. The minimum Gasteiger partial charge on any atom is -0.491 e. The second-order valence-corrected chi connectivity index (χ2v) is 7.91. The second kappa shape index (κ2) is 10.6. The fraction of sp³-hybridized carbons (Fsp3) is 0.545. The topological polar surface area (TPSA) is 105 Å². The van der Waals surface area contributed by atoms with E-state index in [1.807, 2.05) is 29.9 Å². The average Bonchev–Trinajstić information content (AvgIpc) is 3.43. The van der Waals surface area contributed by atoms with E-state index in [0.29, 0.717) is 18.7 Å². The quantitative estimate of drug-likeness (QED) is 0.357. The highest BCUT2D eigenvalue weighted by Crippen LogP contribution is 2.34. The number of carbonyl (C=O) groups is 1. The predicted octanol–water partition coefficient (Wildman–Crippen LogP) is 2.54. The van der Waals surface area contributed by atoms with Crippen molar-refractivity contribution >= 4 is 17.4 Å². The van der Waals surface area contributed by atoms with Crippen LogP contribution >= 0.6 is 0 Å². The number of nitrogens with one attached hydrogen (secondary N) is 1. The standard InChI is InChI=1S/C22H30N6O4/c1-16(8-9-23-2)32-17-6-7-20-18(13-17)22(26-28(20)21-5-3-4-11-31-21)19-14-24-27(25-19)10-12-30-15-29/h6-7,13-16,21,23H,3-5,8-12H2,1-2H3. The van der Waals surface area contributed by atoms with Crippen molar-refractivity contribution < 1.29 is 19.0 Å². The molecule has 3 aromatic rings. The van der Waals surface area contributed by atoms with E-state index in [1.165, 1.54) is 4.80 Å². The minimum absolute atomic E-state index is 0.0822. The lowest BCUT2D eigenvalue weighted by molar-refractivity contribution is -0.129. The lowest BCUT2D eigenvalue weighted by atomic mass is 10.1. The van der Waals surface area contributed by atoms with E-state index in [9.17, 15) is 4.79 Å². The van der Waals surface area contributed by atoms with Crippen molar-refractivity contribution in [3.63, 3.8) is 0 Å². The molecule has 0 saturated carbocycles. The Balaban J connectivity index is 1.67. The first-order chi connectivity index (χ1) is 15.7. The number of nitrogens with zero attached hydrogens (tertiary/aromatic N) is 5. The molecule has 0 amide bonds. The van der Waals surface area contributed by atoms with Gasteiger partial charge in [-0.15, -0.1) is 0 Å². The van der Waals surface area contributed by atoms with Gasteiger partial charge in [0, 0.05) is 12.0 Å². The van der Waals surface area contributed by atoms with Crippen LogP contribution in [0.1, 0.15) is 38.8 Å². The van der Waals surface area contributed by atoms with Gasteiger partial charge in [-0.25, -0.2) is 4.68 Å². The van der Waals surface area contributed by atoms with Gasteiger partial charge in [0.1, 0.15) is 23.7 Å². The maximum atomic E-state index is 10.4. The Morgan fingerprint density at radius 1 is 1.34 bits per heavy atom. The summed E-state index contributed by atoms with van der Waals surface area (Å²) >= 11 is 0. The molecule has 10 heteroatoms. The molecule has 1 N–H and O–H groups in total. The highest BCUT2D eigenvalue weighted by atomic mass is 16.5. The molecule has 1 aliphatic rings. The molecule has 32 heavy (non-hydrogen) atoms. The molecule has 0 aliphatic carbocycles. The van der Waals surface area contributed by atoms with Crippen LogP contribution in [0.15, 0.2) is 24.4 Å². The van der Waals surface area contributed by atoms with Crippen molar-refractivity contribution in [3.05, 3.63) is 24.4 Å². The van der Waals surface area contributed by atoms with Crippen molar-refractivity contribution in [2.75, 3.05) is 26.8 Å². The summed E-state index contributed by atoms with van der Waals surface area (Å²) in [5.74, 6) is 0.790. The number of rotatable bonds is 11. The lowest BCUT2D eigenvalue weighted by Gasteiger charge is -2.23. The van der Waals surface area contributed by atoms with E-state index >= 15 is 0 Å². The average molecular weight is 443 g/mol. The van der Waals surface area contributed by atoms with E-state index in [2.05, 4.69) is 22.4 Å². The van der Waals surface area contributed by atoms with Gasteiger partial charge in [0.2, 0.25) is 0 Å². The Hall–Kier alpha value is -2.98. The maximum absolute atomic E-state index is 10.4. The fourth-order valence-electron chi connectivity index (χ4n) is 3.85. The van der Waals surface area contributed by atoms with Crippen LogP contribution in [0.25, 0.3) is 22.3 Å². The number of hydrogen-bond acceptors (Lipinski definition) is 8. The fourth-order valence-corrected chi connectivity index (χ4v) is 3.85. The van der Waals surface area contributed by atoms with E-state index in [0.717, 1.165) is 61.2 Å². The van der Waals surface area contributed by atoms with Gasteiger partial charge in [-0.1, -0.05) is 0 Å². The normalized spacial score (nSPS) is 17.4. The molecule has 10 nitrogen and oxygen atoms in total. The molecule has 3 heterocycles. The van der Waals surface area contributed by atoms with Crippen LogP contribution in [-0.2, 0) is 20.8 Å². The number of fused-ring (bicyclic) bond motifs is 1. The monoisotopic (exact) mass is 442 g/mol. The molecule has 4 rings (SSSR count). The first-order valence-electron chi connectivity index (χ1n) is 11.1. The minimum atomic E-state index is -0.0997. The van der Waals surface area contributed by atoms with Crippen LogP contribution < -0.4 is 10.1 Å². The lowest BCUT2D eigenvalue weighted by Crippen LogP contribution is -2.19. The summed E-state index contributed by atoms with van der Waals surface area (Å²) in [6.07, 6.45) is 5.67. The van der Waals surface area contributed by atoms with Gasteiger partial charge in [0.25, 0.3) is 6.47 Å². The largest absolute Gasteiger partial charge is 0.491 e. The Kier molecular flexibility index (Phi) is 7.33.